The Bertz CT molecular complexity index is 837. The predicted octanol–water partition coefficient (Wildman–Crippen LogP) is 2.55. The molecule has 2 saturated heterocycles. The van der Waals surface area contributed by atoms with Gasteiger partial charge in [0.2, 0.25) is 10.0 Å². The van der Waals surface area contributed by atoms with Gasteiger partial charge in [-0.2, -0.15) is 13.2 Å². The van der Waals surface area contributed by atoms with Gasteiger partial charge in [-0.25, -0.2) is 17.9 Å². The number of alkyl halides is 3. The van der Waals surface area contributed by atoms with Crippen molar-refractivity contribution in [3.63, 3.8) is 0 Å². The van der Waals surface area contributed by atoms with E-state index in [4.69, 9.17) is 14.6 Å². The van der Waals surface area contributed by atoms with Crippen molar-refractivity contribution in [2.24, 2.45) is 5.92 Å². The van der Waals surface area contributed by atoms with Crippen LogP contribution in [0.1, 0.15) is 30.9 Å². The van der Waals surface area contributed by atoms with Crippen molar-refractivity contribution in [1.82, 2.24) is 9.62 Å². The van der Waals surface area contributed by atoms with Gasteiger partial charge in [-0.05, 0) is 38.2 Å². The van der Waals surface area contributed by atoms with Crippen LogP contribution in [0.4, 0.5) is 13.2 Å². The first-order valence-corrected chi connectivity index (χ1v) is 11.7. The maximum Gasteiger partial charge on any atom is 0.490 e. The Labute approximate surface area is 180 Å². The van der Waals surface area contributed by atoms with Crippen LogP contribution in [-0.4, -0.2) is 68.2 Å². The van der Waals surface area contributed by atoms with Crippen molar-refractivity contribution in [1.29, 1.82) is 0 Å². The molecule has 31 heavy (non-hydrogen) atoms. The van der Waals surface area contributed by atoms with Crippen LogP contribution in [0.2, 0.25) is 0 Å². The number of nitrogens with one attached hydrogen (secondary N) is 1. The van der Waals surface area contributed by atoms with Gasteiger partial charge in [0.05, 0.1) is 11.4 Å². The molecular formula is C20H29F3N2O5S. The molecule has 7 nitrogen and oxygen atoms in total. The summed E-state index contributed by atoms with van der Waals surface area (Å²) in [6.07, 6.45) is -3.19. The largest absolute Gasteiger partial charge is 0.490 e. The van der Waals surface area contributed by atoms with Crippen LogP contribution in [0.5, 0.6) is 0 Å². The molecule has 2 aliphatic rings. The molecule has 0 aromatic heterocycles. The third kappa shape index (κ3) is 7.44. The maximum absolute atomic E-state index is 11.5. The number of nitrogens with zero attached hydrogens (tertiary/aromatic N) is 1. The summed E-state index contributed by atoms with van der Waals surface area (Å²) in [4.78, 5) is 11.3. The van der Waals surface area contributed by atoms with Crippen LogP contribution in [0.25, 0.3) is 0 Å². The van der Waals surface area contributed by atoms with E-state index in [1.807, 2.05) is 0 Å². The summed E-state index contributed by atoms with van der Waals surface area (Å²) in [5.74, 6) is -2.16. The van der Waals surface area contributed by atoms with E-state index in [1.165, 1.54) is 11.1 Å². The molecular weight excluding hydrogens is 437 g/mol. The molecule has 1 spiro atoms. The minimum atomic E-state index is -5.08. The second kappa shape index (κ2) is 10.3. The Morgan fingerprint density at radius 2 is 1.87 bits per heavy atom. The van der Waals surface area contributed by atoms with Crippen LogP contribution in [0.15, 0.2) is 24.3 Å². The number of hydrogen-bond donors (Lipinski definition) is 2. The monoisotopic (exact) mass is 466 g/mol. The van der Waals surface area contributed by atoms with E-state index < -0.39 is 22.2 Å². The van der Waals surface area contributed by atoms with E-state index in [2.05, 4.69) is 40.8 Å². The van der Waals surface area contributed by atoms with Crippen molar-refractivity contribution < 1.29 is 36.2 Å². The summed E-state index contributed by atoms with van der Waals surface area (Å²) in [6, 6.07) is 8.68. The zero-order chi connectivity index (χ0) is 23.3. The number of ether oxygens (including phenoxy) is 1. The molecule has 1 atom stereocenters. The Morgan fingerprint density at radius 3 is 2.39 bits per heavy atom. The lowest BCUT2D eigenvalue weighted by Crippen LogP contribution is -2.64. The molecule has 176 valence electrons. The summed E-state index contributed by atoms with van der Waals surface area (Å²) in [5.41, 5.74) is 2.57. The van der Waals surface area contributed by atoms with Crippen molar-refractivity contribution >= 4 is 16.0 Å². The molecule has 0 saturated carbocycles. The van der Waals surface area contributed by atoms with E-state index in [9.17, 15) is 21.6 Å². The molecule has 0 bridgehead atoms. The molecule has 0 amide bonds. The minimum absolute atomic E-state index is 0.0532. The van der Waals surface area contributed by atoms with Gasteiger partial charge in [-0.15, -0.1) is 0 Å². The Morgan fingerprint density at radius 1 is 1.29 bits per heavy atom. The van der Waals surface area contributed by atoms with Gasteiger partial charge in [0, 0.05) is 32.8 Å². The number of sulfonamides is 1. The highest BCUT2D eigenvalue weighted by atomic mass is 32.2. The topological polar surface area (TPSA) is 95.9 Å². The highest BCUT2D eigenvalue weighted by Gasteiger charge is 2.52. The number of halogens is 3. The molecule has 2 fully saturated rings. The molecule has 0 radical (unpaired) electrons. The molecule has 1 aromatic carbocycles. The van der Waals surface area contributed by atoms with Crippen LogP contribution >= 0.6 is 0 Å². The first-order chi connectivity index (χ1) is 14.4. The molecule has 1 aromatic rings. The quantitative estimate of drug-likeness (QED) is 0.641. The van der Waals surface area contributed by atoms with E-state index >= 15 is 0 Å². The predicted molar refractivity (Wildman–Crippen MR) is 109 cm³/mol. The fraction of sp³-hybridized carbons (Fsp3) is 0.650. The van der Waals surface area contributed by atoms with Crippen LogP contribution < -0.4 is 4.72 Å². The summed E-state index contributed by atoms with van der Waals surface area (Å²) >= 11 is 0. The van der Waals surface area contributed by atoms with E-state index in [0.717, 1.165) is 39.1 Å². The van der Waals surface area contributed by atoms with Gasteiger partial charge in [0.15, 0.2) is 0 Å². The SMILES string of the molecule is CCS(=O)(=O)NCCC1CCOC12CN(Cc1ccc(C)cc1)C2.O=C(O)C(F)(F)F. The van der Waals surface area contributed by atoms with Crippen molar-refractivity contribution in [3.05, 3.63) is 35.4 Å². The molecule has 2 N–H and O–H groups in total. The summed E-state index contributed by atoms with van der Waals surface area (Å²) < 4.78 is 63.6. The summed E-state index contributed by atoms with van der Waals surface area (Å²) in [5, 5.41) is 7.12. The van der Waals surface area contributed by atoms with Crippen LogP contribution in [-0.2, 0) is 26.1 Å². The number of benzene rings is 1. The second-order valence-corrected chi connectivity index (χ2v) is 10.0. The number of carboxylic acid groups (broad SMARTS) is 1. The minimum Gasteiger partial charge on any atom is -0.475 e. The molecule has 1 unspecified atom stereocenters. The average Bonchev–Trinajstić information content (AvgIpc) is 3.06. The third-order valence-corrected chi connectivity index (χ3v) is 6.95. The molecule has 3 rings (SSSR count). The van der Waals surface area contributed by atoms with Gasteiger partial charge in [-0.3, -0.25) is 4.90 Å². The smallest absolute Gasteiger partial charge is 0.475 e. The molecule has 2 heterocycles. The van der Waals surface area contributed by atoms with E-state index in [1.54, 1.807) is 6.92 Å². The van der Waals surface area contributed by atoms with E-state index in [-0.39, 0.29) is 11.4 Å². The zero-order valence-electron chi connectivity index (χ0n) is 17.6. The summed E-state index contributed by atoms with van der Waals surface area (Å²) in [7, 11) is -3.09. The highest BCUT2D eigenvalue weighted by Crippen LogP contribution is 2.42. The van der Waals surface area contributed by atoms with E-state index in [0.29, 0.717) is 12.5 Å². The van der Waals surface area contributed by atoms with Crippen molar-refractivity contribution in [2.75, 3.05) is 32.0 Å². The molecule has 2 aliphatic heterocycles. The fourth-order valence-electron chi connectivity index (χ4n) is 3.81. The van der Waals surface area contributed by atoms with Gasteiger partial charge >= 0.3 is 12.1 Å². The number of carboxylic acids is 1. The fourth-order valence-corrected chi connectivity index (χ4v) is 4.44. The molecule has 11 heteroatoms. The number of aryl methyl sites for hydroxylation is 1. The first kappa shape index (κ1) is 25.6. The first-order valence-electron chi connectivity index (χ1n) is 10.1. The van der Waals surface area contributed by atoms with Crippen LogP contribution in [0.3, 0.4) is 0 Å². The zero-order valence-corrected chi connectivity index (χ0v) is 18.4. The normalized spacial score (nSPS) is 20.7. The standard InChI is InChI=1S/C18H28N2O3S.C2HF3O2/c1-3-24(21,22)19-10-8-17-9-11-23-18(17)13-20(14-18)12-16-6-4-15(2)5-7-16;3-2(4,5)1(6)7/h4-7,17,19H,3,8-14H2,1-2H3;(H,6,7). The van der Waals surface area contributed by atoms with Crippen molar-refractivity contribution in [2.45, 2.75) is 45.0 Å². The van der Waals surface area contributed by atoms with Gasteiger partial charge in [0.25, 0.3) is 0 Å². The van der Waals surface area contributed by atoms with Gasteiger partial charge < -0.3 is 9.84 Å². The lowest BCUT2D eigenvalue weighted by Gasteiger charge is -2.50. The maximum atomic E-state index is 11.5. The average molecular weight is 467 g/mol. The Balaban J connectivity index is 0.000000423. The summed E-state index contributed by atoms with van der Waals surface area (Å²) in [6.45, 7) is 7.94. The number of aliphatic carboxylic acids is 1. The Kier molecular flexibility index (Phi) is 8.48. The lowest BCUT2D eigenvalue weighted by atomic mass is 9.79. The number of carbonyl (C=O) groups is 1. The van der Waals surface area contributed by atoms with Crippen molar-refractivity contribution in [3.8, 4) is 0 Å². The van der Waals surface area contributed by atoms with Gasteiger partial charge in [-0.1, -0.05) is 29.8 Å². The highest BCUT2D eigenvalue weighted by molar-refractivity contribution is 7.89. The number of likely N-dealkylation sites (tertiary alicyclic amines) is 1. The van der Waals surface area contributed by atoms with Gasteiger partial charge in [0.1, 0.15) is 0 Å². The lowest BCUT2D eigenvalue weighted by molar-refractivity contribution is -0.192. The molecule has 0 aliphatic carbocycles. The Hall–Kier alpha value is -1.69. The third-order valence-electron chi connectivity index (χ3n) is 5.55. The number of rotatable bonds is 7. The number of hydrogen-bond acceptors (Lipinski definition) is 5. The second-order valence-electron chi connectivity index (χ2n) is 7.92. The van der Waals surface area contributed by atoms with Crippen LogP contribution in [0, 0.1) is 12.8 Å².